The Labute approximate surface area is 166 Å². The van der Waals surface area contributed by atoms with Gasteiger partial charge in [0, 0.05) is 29.2 Å². The van der Waals surface area contributed by atoms with Crippen LogP contribution < -0.4 is 14.9 Å². The van der Waals surface area contributed by atoms with Gasteiger partial charge in [0.2, 0.25) is 0 Å². The largest absolute Gasteiger partial charge is 0.507 e. The summed E-state index contributed by atoms with van der Waals surface area (Å²) in [6, 6.07) is 7.19. The van der Waals surface area contributed by atoms with E-state index in [2.05, 4.69) is 0 Å². The summed E-state index contributed by atoms with van der Waals surface area (Å²) in [6.45, 7) is 3.93. The van der Waals surface area contributed by atoms with Crippen molar-refractivity contribution in [3.05, 3.63) is 46.1 Å². The Kier molecular flexibility index (Phi) is 4.45. The van der Waals surface area contributed by atoms with E-state index in [1.165, 1.54) is 25.3 Å². The quantitative estimate of drug-likeness (QED) is 0.510. The number of hydrogen-bond acceptors (Lipinski definition) is 7. The molecule has 150 valence electrons. The number of fused-ring (bicyclic) bond motifs is 3. The number of benzene rings is 2. The molecule has 1 aliphatic heterocycles. The van der Waals surface area contributed by atoms with E-state index in [0.717, 1.165) is 0 Å². The van der Waals surface area contributed by atoms with E-state index in [9.17, 15) is 19.8 Å². The van der Waals surface area contributed by atoms with Gasteiger partial charge in [-0.1, -0.05) is 13.8 Å². The van der Waals surface area contributed by atoms with Crippen molar-refractivity contribution in [1.82, 2.24) is 0 Å². The van der Waals surface area contributed by atoms with Crippen LogP contribution in [-0.4, -0.2) is 23.3 Å². The molecule has 0 radical (unpaired) electrons. The fraction of sp³-hybridized carbons (Fsp3) is 0.273. The van der Waals surface area contributed by atoms with Crippen LogP contribution in [0.1, 0.15) is 31.7 Å². The minimum atomic E-state index is -0.434. The molecule has 1 aromatic heterocycles. The van der Waals surface area contributed by atoms with E-state index in [1.807, 2.05) is 13.8 Å². The number of phenolic OH excluding ortho intramolecular Hbond substituents is 2. The smallest absolute Gasteiger partial charge is 0.311 e. The number of esters is 1. The highest BCUT2D eigenvalue weighted by Gasteiger charge is 2.34. The zero-order valence-corrected chi connectivity index (χ0v) is 16.2. The molecule has 0 saturated carbocycles. The number of carbonyl (C=O) groups excluding carboxylic acids is 1. The van der Waals surface area contributed by atoms with Gasteiger partial charge in [-0.15, -0.1) is 0 Å². The maximum absolute atomic E-state index is 12.8. The fourth-order valence-electron chi connectivity index (χ4n) is 3.75. The molecule has 7 nitrogen and oxygen atoms in total. The summed E-state index contributed by atoms with van der Waals surface area (Å²) in [7, 11) is 1.44. The Morgan fingerprint density at radius 2 is 1.86 bits per heavy atom. The Bertz CT molecular complexity index is 1190. The first-order chi connectivity index (χ1) is 13.8. The molecule has 0 aliphatic carbocycles. The van der Waals surface area contributed by atoms with Crippen molar-refractivity contribution in [2.45, 2.75) is 26.2 Å². The zero-order valence-electron chi connectivity index (χ0n) is 16.2. The van der Waals surface area contributed by atoms with Crippen LogP contribution in [0, 0.1) is 5.92 Å². The highest BCUT2D eigenvalue weighted by Crippen LogP contribution is 2.46. The van der Waals surface area contributed by atoms with Crippen molar-refractivity contribution in [3.8, 4) is 34.3 Å². The number of carbonyl (C=O) groups is 1. The van der Waals surface area contributed by atoms with Crippen molar-refractivity contribution >= 4 is 16.9 Å². The van der Waals surface area contributed by atoms with Crippen LogP contribution in [0.3, 0.4) is 0 Å². The molecule has 2 heterocycles. The third kappa shape index (κ3) is 3.08. The monoisotopic (exact) mass is 396 g/mol. The summed E-state index contributed by atoms with van der Waals surface area (Å²) in [5, 5.41) is 20.5. The van der Waals surface area contributed by atoms with Crippen molar-refractivity contribution in [2.24, 2.45) is 5.92 Å². The summed E-state index contributed by atoms with van der Waals surface area (Å²) < 4.78 is 16.4. The number of methoxy groups -OCH3 is 1. The summed E-state index contributed by atoms with van der Waals surface area (Å²) >= 11 is 0. The lowest BCUT2D eigenvalue weighted by molar-refractivity contribution is -0.136. The molecule has 0 saturated heterocycles. The van der Waals surface area contributed by atoms with Crippen molar-refractivity contribution in [2.75, 3.05) is 7.11 Å². The lowest BCUT2D eigenvalue weighted by atomic mass is 9.82. The second kappa shape index (κ2) is 6.84. The first-order valence-corrected chi connectivity index (χ1v) is 9.22. The van der Waals surface area contributed by atoms with Gasteiger partial charge < -0.3 is 24.1 Å². The van der Waals surface area contributed by atoms with E-state index in [1.54, 1.807) is 12.1 Å². The molecule has 0 spiro atoms. The Morgan fingerprint density at radius 1 is 1.10 bits per heavy atom. The predicted octanol–water partition coefficient (Wildman–Crippen LogP) is 3.93. The van der Waals surface area contributed by atoms with Crippen LogP contribution >= 0.6 is 0 Å². The second-order valence-corrected chi connectivity index (χ2v) is 7.40. The van der Waals surface area contributed by atoms with Gasteiger partial charge in [-0.2, -0.15) is 0 Å². The number of hydrogen-bond donors (Lipinski definition) is 2. The molecule has 0 fully saturated rings. The Hall–Kier alpha value is -3.48. The zero-order chi connectivity index (χ0) is 20.9. The molecule has 7 heteroatoms. The van der Waals surface area contributed by atoms with Gasteiger partial charge in [0.05, 0.1) is 13.5 Å². The molecule has 29 heavy (non-hydrogen) atoms. The van der Waals surface area contributed by atoms with Crippen LogP contribution in [0.25, 0.3) is 22.3 Å². The molecule has 1 atom stereocenters. The SMILES string of the molecule is COc1ccc(-c2cc(=O)c3c(O)cc4c(c3o2)C(C(C)C)CC(=O)O4)cc1O. The van der Waals surface area contributed by atoms with Gasteiger partial charge in [-0.3, -0.25) is 9.59 Å². The van der Waals surface area contributed by atoms with E-state index in [4.69, 9.17) is 13.9 Å². The van der Waals surface area contributed by atoms with E-state index in [0.29, 0.717) is 16.9 Å². The molecule has 2 N–H and O–H groups in total. The summed E-state index contributed by atoms with van der Waals surface area (Å²) in [4.78, 5) is 24.8. The standard InChI is InChI=1S/C22H20O7/c1-10(2)12-7-19(26)28-18-9-15(25)21-14(24)8-17(29-22(21)20(12)18)11-4-5-16(27-3)13(23)6-11/h4-6,8-10,12,23,25H,7H2,1-3H3. The third-order valence-corrected chi connectivity index (χ3v) is 5.23. The topological polar surface area (TPSA) is 106 Å². The average Bonchev–Trinajstić information content (AvgIpc) is 2.66. The minimum absolute atomic E-state index is 0.0360. The minimum Gasteiger partial charge on any atom is -0.507 e. The van der Waals surface area contributed by atoms with Gasteiger partial charge in [-0.25, -0.2) is 0 Å². The average molecular weight is 396 g/mol. The van der Waals surface area contributed by atoms with E-state index in [-0.39, 0.29) is 52.2 Å². The highest BCUT2D eigenvalue weighted by atomic mass is 16.5. The summed E-state index contributed by atoms with van der Waals surface area (Å²) in [5.74, 6) is -0.249. The number of rotatable bonds is 3. The van der Waals surface area contributed by atoms with Crippen molar-refractivity contribution in [3.63, 3.8) is 0 Å². The van der Waals surface area contributed by atoms with Crippen LogP contribution in [0.2, 0.25) is 0 Å². The molecule has 1 unspecified atom stereocenters. The summed E-state index contributed by atoms with van der Waals surface area (Å²) in [5.41, 5.74) is 0.803. The van der Waals surface area contributed by atoms with Gasteiger partial charge >= 0.3 is 5.97 Å². The van der Waals surface area contributed by atoms with Crippen LogP contribution in [0.4, 0.5) is 0 Å². The Morgan fingerprint density at radius 3 is 2.52 bits per heavy atom. The van der Waals surface area contributed by atoms with Crippen LogP contribution in [-0.2, 0) is 4.79 Å². The maximum Gasteiger partial charge on any atom is 0.311 e. The van der Waals surface area contributed by atoms with E-state index >= 15 is 0 Å². The molecule has 0 amide bonds. The molecule has 2 aromatic carbocycles. The molecular weight excluding hydrogens is 376 g/mol. The normalized spacial score (nSPS) is 16.0. The number of aromatic hydroxyl groups is 2. The van der Waals surface area contributed by atoms with E-state index < -0.39 is 11.4 Å². The fourth-order valence-corrected chi connectivity index (χ4v) is 3.75. The molecule has 1 aliphatic rings. The van der Waals surface area contributed by atoms with Crippen molar-refractivity contribution in [1.29, 1.82) is 0 Å². The molecule has 0 bridgehead atoms. The molecule has 4 rings (SSSR count). The second-order valence-electron chi connectivity index (χ2n) is 7.40. The lowest BCUT2D eigenvalue weighted by Crippen LogP contribution is -2.24. The number of ether oxygens (including phenoxy) is 2. The first-order valence-electron chi connectivity index (χ1n) is 9.22. The maximum atomic E-state index is 12.8. The van der Waals surface area contributed by atoms with Gasteiger partial charge in [0.1, 0.15) is 28.2 Å². The predicted molar refractivity (Wildman–Crippen MR) is 106 cm³/mol. The van der Waals surface area contributed by atoms with Crippen LogP contribution in [0.15, 0.2) is 39.5 Å². The van der Waals surface area contributed by atoms with Gasteiger partial charge in [-0.05, 0) is 24.1 Å². The number of phenols is 2. The highest BCUT2D eigenvalue weighted by molar-refractivity contribution is 5.92. The first kappa shape index (κ1) is 18.9. The lowest BCUT2D eigenvalue weighted by Gasteiger charge is -2.28. The van der Waals surface area contributed by atoms with Gasteiger partial charge in [0.15, 0.2) is 16.9 Å². The molecular formula is C22H20O7. The molecule has 3 aromatic rings. The van der Waals surface area contributed by atoms with Gasteiger partial charge in [0.25, 0.3) is 0 Å². The van der Waals surface area contributed by atoms with Crippen LogP contribution in [0.5, 0.6) is 23.0 Å². The summed E-state index contributed by atoms with van der Waals surface area (Å²) in [6.07, 6.45) is 0.155. The Balaban J connectivity index is 2.02. The van der Waals surface area contributed by atoms with Crippen molar-refractivity contribution < 1.29 is 28.9 Å². The third-order valence-electron chi connectivity index (χ3n) is 5.23.